The molecule has 1 aromatic carbocycles. The molecular formula is C10H16N2O3S. The summed E-state index contributed by atoms with van der Waals surface area (Å²) in [5, 5.41) is 8.81. The Balaban J connectivity index is 3.08. The van der Waals surface area contributed by atoms with Gasteiger partial charge in [0.15, 0.2) is 0 Å². The first-order valence-electron chi connectivity index (χ1n) is 4.86. The van der Waals surface area contributed by atoms with Crippen molar-refractivity contribution < 1.29 is 13.5 Å². The average molecular weight is 244 g/mol. The van der Waals surface area contributed by atoms with Gasteiger partial charge in [-0.2, -0.15) is 0 Å². The maximum atomic E-state index is 11.9. The van der Waals surface area contributed by atoms with Crippen molar-refractivity contribution in [2.24, 2.45) is 0 Å². The molecule has 0 radical (unpaired) electrons. The van der Waals surface area contributed by atoms with E-state index in [2.05, 4.69) is 4.72 Å². The van der Waals surface area contributed by atoms with Crippen LogP contribution in [0, 0.1) is 6.92 Å². The number of aryl methyl sites for hydroxylation is 1. The molecule has 6 heteroatoms. The van der Waals surface area contributed by atoms with Crippen molar-refractivity contribution in [2.45, 2.75) is 24.8 Å². The number of nitrogen functional groups attached to an aromatic ring is 1. The van der Waals surface area contributed by atoms with Gasteiger partial charge in [0.05, 0.1) is 11.5 Å². The van der Waals surface area contributed by atoms with Gasteiger partial charge in [-0.25, -0.2) is 13.1 Å². The highest BCUT2D eigenvalue weighted by Crippen LogP contribution is 2.17. The minimum atomic E-state index is -3.58. The second-order valence-corrected chi connectivity index (χ2v) is 5.41. The van der Waals surface area contributed by atoms with E-state index in [1.165, 1.54) is 12.1 Å². The van der Waals surface area contributed by atoms with E-state index in [0.717, 1.165) is 0 Å². The number of hydrogen-bond acceptors (Lipinski definition) is 4. The monoisotopic (exact) mass is 244 g/mol. The number of nitrogens with two attached hydrogens (primary N) is 1. The highest BCUT2D eigenvalue weighted by molar-refractivity contribution is 7.89. The SMILES string of the molecule is Cc1cc(N)ccc1S(=O)(=O)N[C@H](C)CO. The lowest BCUT2D eigenvalue weighted by Gasteiger charge is -2.13. The van der Waals surface area contributed by atoms with Crippen molar-refractivity contribution >= 4 is 15.7 Å². The Morgan fingerprint density at radius 1 is 1.50 bits per heavy atom. The number of nitrogens with one attached hydrogen (secondary N) is 1. The number of aliphatic hydroxyl groups is 1. The summed E-state index contributed by atoms with van der Waals surface area (Å²) >= 11 is 0. The van der Waals surface area contributed by atoms with Crippen LogP contribution in [0.25, 0.3) is 0 Å². The number of hydrogen-bond donors (Lipinski definition) is 3. The second-order valence-electron chi connectivity index (χ2n) is 3.73. The Hall–Kier alpha value is -1.11. The Bertz CT molecular complexity index is 471. The maximum absolute atomic E-state index is 11.9. The van der Waals surface area contributed by atoms with Gasteiger partial charge in [-0.15, -0.1) is 0 Å². The normalized spacial score (nSPS) is 13.7. The second kappa shape index (κ2) is 4.82. The average Bonchev–Trinajstić information content (AvgIpc) is 2.16. The van der Waals surface area contributed by atoms with Gasteiger partial charge >= 0.3 is 0 Å². The number of anilines is 1. The predicted octanol–water partition coefficient (Wildman–Crippen LogP) is 0.236. The van der Waals surface area contributed by atoms with Crippen LogP contribution >= 0.6 is 0 Å². The molecule has 0 aliphatic rings. The zero-order chi connectivity index (χ0) is 12.3. The van der Waals surface area contributed by atoms with Gasteiger partial charge in [-0.1, -0.05) is 0 Å². The molecule has 1 rings (SSSR count). The first-order valence-corrected chi connectivity index (χ1v) is 6.34. The van der Waals surface area contributed by atoms with Crippen molar-refractivity contribution in [3.8, 4) is 0 Å². The van der Waals surface area contributed by atoms with Gasteiger partial charge in [0, 0.05) is 11.7 Å². The summed E-state index contributed by atoms with van der Waals surface area (Å²) in [5.41, 5.74) is 6.64. The van der Waals surface area contributed by atoms with E-state index in [1.807, 2.05) is 0 Å². The molecule has 0 aromatic heterocycles. The van der Waals surface area contributed by atoms with Crippen LogP contribution in [0.1, 0.15) is 12.5 Å². The fourth-order valence-corrected chi connectivity index (χ4v) is 2.80. The Morgan fingerprint density at radius 2 is 2.12 bits per heavy atom. The minimum absolute atomic E-state index is 0.182. The van der Waals surface area contributed by atoms with Crippen molar-refractivity contribution in [3.63, 3.8) is 0 Å². The van der Waals surface area contributed by atoms with Crippen molar-refractivity contribution in [1.82, 2.24) is 4.72 Å². The van der Waals surface area contributed by atoms with E-state index in [-0.39, 0.29) is 11.5 Å². The van der Waals surface area contributed by atoms with Gasteiger partial charge < -0.3 is 10.8 Å². The number of aliphatic hydroxyl groups excluding tert-OH is 1. The van der Waals surface area contributed by atoms with Crippen LogP contribution in [-0.4, -0.2) is 26.2 Å². The molecule has 4 N–H and O–H groups in total. The zero-order valence-corrected chi connectivity index (χ0v) is 10.1. The molecule has 0 amide bonds. The standard InChI is InChI=1S/C10H16N2O3S/c1-7-5-9(11)3-4-10(7)16(14,15)12-8(2)6-13/h3-5,8,12-13H,6,11H2,1-2H3/t8-/m1/s1. The Labute approximate surface area is 95.3 Å². The summed E-state index contributed by atoms with van der Waals surface area (Å²) in [4.78, 5) is 0.182. The van der Waals surface area contributed by atoms with Gasteiger partial charge in [0.1, 0.15) is 0 Å². The molecule has 0 aliphatic heterocycles. The lowest BCUT2D eigenvalue weighted by Crippen LogP contribution is -2.35. The molecule has 0 fully saturated rings. The summed E-state index contributed by atoms with van der Waals surface area (Å²) in [6.45, 7) is 3.02. The largest absolute Gasteiger partial charge is 0.399 e. The molecule has 90 valence electrons. The third kappa shape index (κ3) is 2.94. The van der Waals surface area contributed by atoms with Gasteiger partial charge in [-0.3, -0.25) is 0 Å². The molecule has 0 heterocycles. The van der Waals surface area contributed by atoms with Crippen molar-refractivity contribution in [2.75, 3.05) is 12.3 Å². The summed E-state index contributed by atoms with van der Waals surface area (Å²) in [5.74, 6) is 0. The summed E-state index contributed by atoms with van der Waals surface area (Å²) < 4.78 is 26.1. The van der Waals surface area contributed by atoms with Crippen LogP contribution in [0.5, 0.6) is 0 Å². The molecular weight excluding hydrogens is 228 g/mol. The van der Waals surface area contributed by atoms with Crippen LogP contribution < -0.4 is 10.5 Å². The van der Waals surface area contributed by atoms with E-state index in [4.69, 9.17) is 10.8 Å². The van der Waals surface area contributed by atoms with E-state index >= 15 is 0 Å². The van der Waals surface area contributed by atoms with Gasteiger partial charge in [0.2, 0.25) is 10.0 Å². The van der Waals surface area contributed by atoms with Gasteiger partial charge in [-0.05, 0) is 37.6 Å². The molecule has 1 aromatic rings. The highest BCUT2D eigenvalue weighted by atomic mass is 32.2. The fraction of sp³-hybridized carbons (Fsp3) is 0.400. The molecule has 0 saturated carbocycles. The molecule has 0 spiro atoms. The predicted molar refractivity (Wildman–Crippen MR) is 62.5 cm³/mol. The third-order valence-corrected chi connectivity index (χ3v) is 3.87. The van der Waals surface area contributed by atoms with E-state index in [1.54, 1.807) is 19.9 Å². The minimum Gasteiger partial charge on any atom is -0.399 e. The number of rotatable bonds is 4. The molecule has 0 aliphatic carbocycles. The summed E-state index contributed by atoms with van der Waals surface area (Å²) in [7, 11) is -3.58. The highest BCUT2D eigenvalue weighted by Gasteiger charge is 2.18. The smallest absolute Gasteiger partial charge is 0.241 e. The lowest BCUT2D eigenvalue weighted by atomic mass is 10.2. The lowest BCUT2D eigenvalue weighted by molar-refractivity contribution is 0.265. The molecule has 0 saturated heterocycles. The first kappa shape index (κ1) is 13.0. The Kier molecular flexibility index (Phi) is 3.90. The van der Waals surface area contributed by atoms with Crippen LogP contribution in [-0.2, 0) is 10.0 Å². The van der Waals surface area contributed by atoms with Crippen molar-refractivity contribution in [1.29, 1.82) is 0 Å². The molecule has 1 atom stereocenters. The topological polar surface area (TPSA) is 92.4 Å². The molecule has 0 unspecified atom stereocenters. The maximum Gasteiger partial charge on any atom is 0.241 e. The summed E-state index contributed by atoms with van der Waals surface area (Å²) in [6, 6.07) is 4.07. The fourth-order valence-electron chi connectivity index (χ4n) is 1.34. The summed E-state index contributed by atoms with van der Waals surface area (Å²) in [6.07, 6.45) is 0. The third-order valence-electron chi connectivity index (χ3n) is 2.12. The zero-order valence-electron chi connectivity index (χ0n) is 9.27. The van der Waals surface area contributed by atoms with Crippen LogP contribution in [0.4, 0.5) is 5.69 Å². The van der Waals surface area contributed by atoms with E-state index in [9.17, 15) is 8.42 Å². The van der Waals surface area contributed by atoms with Crippen LogP contribution in [0.3, 0.4) is 0 Å². The first-order chi connectivity index (χ1) is 7.36. The molecule has 5 nitrogen and oxygen atoms in total. The van der Waals surface area contributed by atoms with Crippen molar-refractivity contribution in [3.05, 3.63) is 23.8 Å². The quantitative estimate of drug-likeness (QED) is 0.661. The molecule has 16 heavy (non-hydrogen) atoms. The van der Waals surface area contributed by atoms with Crippen LogP contribution in [0.2, 0.25) is 0 Å². The number of benzene rings is 1. The van der Waals surface area contributed by atoms with Gasteiger partial charge in [0.25, 0.3) is 0 Å². The van der Waals surface area contributed by atoms with E-state index in [0.29, 0.717) is 11.3 Å². The van der Waals surface area contributed by atoms with E-state index < -0.39 is 16.1 Å². The molecule has 0 bridgehead atoms. The Morgan fingerprint density at radius 3 is 2.62 bits per heavy atom. The number of sulfonamides is 1. The van der Waals surface area contributed by atoms with Crippen LogP contribution in [0.15, 0.2) is 23.1 Å².